The van der Waals surface area contributed by atoms with Crippen LogP contribution in [0.5, 0.6) is 0 Å². The van der Waals surface area contributed by atoms with Crippen LogP contribution in [0.2, 0.25) is 0 Å². The maximum Gasteiger partial charge on any atom is 0.238 e. The van der Waals surface area contributed by atoms with Gasteiger partial charge in [0.25, 0.3) is 0 Å². The van der Waals surface area contributed by atoms with Crippen LogP contribution in [0, 0.1) is 0 Å². The molecule has 5 nitrogen and oxygen atoms in total. The number of hydrogen-bond donors (Lipinski definition) is 0. The van der Waals surface area contributed by atoms with Crippen molar-refractivity contribution in [2.75, 3.05) is 0 Å². The van der Waals surface area contributed by atoms with Crippen molar-refractivity contribution in [3.8, 4) is 39.9 Å². The molecule has 3 heterocycles. The van der Waals surface area contributed by atoms with Crippen molar-refractivity contribution in [3.05, 3.63) is 194 Å². The zero-order valence-electron chi connectivity index (χ0n) is 32.2. The molecule has 3 aromatic heterocycles. The average molecular weight is 765 g/mol. The van der Waals surface area contributed by atoms with Crippen LogP contribution in [0.4, 0.5) is 0 Å². The van der Waals surface area contributed by atoms with Crippen molar-refractivity contribution in [1.29, 1.82) is 0 Å². The third-order valence-corrected chi connectivity index (χ3v) is 12.2. The van der Waals surface area contributed by atoms with E-state index in [-0.39, 0.29) is 0 Å². The lowest BCUT2D eigenvalue weighted by Crippen LogP contribution is -2.07. The van der Waals surface area contributed by atoms with Gasteiger partial charge in [0.05, 0.1) is 11.0 Å². The minimum atomic E-state index is 0.546. The summed E-state index contributed by atoms with van der Waals surface area (Å²) in [6, 6.07) is 68.5. The molecule has 0 bridgehead atoms. The van der Waals surface area contributed by atoms with E-state index in [9.17, 15) is 0 Å². The highest BCUT2D eigenvalue weighted by atomic mass is 16.3. The Hall–Kier alpha value is -8.15. The molecule has 0 amide bonds. The number of furan rings is 1. The second-order valence-corrected chi connectivity index (χ2v) is 15.5. The Kier molecular flexibility index (Phi) is 6.95. The average Bonchev–Trinajstić information content (AvgIpc) is 3.88. The van der Waals surface area contributed by atoms with Crippen LogP contribution in [0.3, 0.4) is 0 Å². The van der Waals surface area contributed by atoms with Gasteiger partial charge in [-0.2, -0.15) is 9.97 Å². The molecule has 278 valence electrons. The normalized spacial score (nSPS) is 12.0. The Bertz CT molecular complexity index is 3810. The first-order chi connectivity index (χ1) is 29.8. The number of benzene rings is 10. The highest BCUT2D eigenvalue weighted by molar-refractivity contribution is 6.24. The van der Waals surface area contributed by atoms with Crippen molar-refractivity contribution >= 4 is 86.8 Å². The Balaban J connectivity index is 1.22. The highest BCUT2D eigenvalue weighted by Gasteiger charge is 2.25. The highest BCUT2D eigenvalue weighted by Crippen LogP contribution is 2.43. The Morgan fingerprint density at radius 3 is 1.57 bits per heavy atom. The predicted molar refractivity (Wildman–Crippen MR) is 248 cm³/mol. The first kappa shape index (κ1) is 32.9. The fourth-order valence-corrected chi connectivity index (χ4v) is 9.55. The molecule has 0 unspecified atom stereocenters. The van der Waals surface area contributed by atoms with E-state index in [0.29, 0.717) is 17.6 Å². The van der Waals surface area contributed by atoms with Gasteiger partial charge >= 0.3 is 0 Å². The lowest BCUT2D eigenvalue weighted by Gasteiger charge is -2.16. The van der Waals surface area contributed by atoms with Gasteiger partial charge in [-0.15, -0.1) is 0 Å². The van der Waals surface area contributed by atoms with Gasteiger partial charge in [0.15, 0.2) is 11.6 Å². The molecular weight excluding hydrogens is 733 g/mol. The van der Waals surface area contributed by atoms with Crippen LogP contribution >= 0.6 is 0 Å². The summed E-state index contributed by atoms with van der Waals surface area (Å²) >= 11 is 0. The number of aromatic nitrogens is 4. The summed E-state index contributed by atoms with van der Waals surface area (Å²) in [5.41, 5.74) is 7.72. The summed E-state index contributed by atoms with van der Waals surface area (Å²) in [5, 5.41) is 13.2. The van der Waals surface area contributed by atoms with Gasteiger partial charge in [-0.25, -0.2) is 4.98 Å². The standard InChI is InChI=1S/C55H32N4O/c1-2-13-33(14-3-1)39-29-25-34-15-4-8-19-38(34)49(39)54-56-53(46-23-12-24-47-48(46)45-32-28-37-18-7-11-22-42(37)52(45)60-47)57-55(58-54)59-50-40-20-9-5-16-35(40)26-30-43(50)44-31-27-36-17-6-10-21-41(36)51(44)59/h1-32H. The van der Waals surface area contributed by atoms with Crippen molar-refractivity contribution in [1.82, 2.24) is 19.5 Å². The van der Waals surface area contributed by atoms with Crippen LogP contribution < -0.4 is 0 Å². The third-order valence-electron chi connectivity index (χ3n) is 12.2. The molecule has 60 heavy (non-hydrogen) atoms. The summed E-state index contributed by atoms with van der Waals surface area (Å²) < 4.78 is 9.01. The molecule has 5 heteroatoms. The molecule has 0 N–H and O–H groups in total. The van der Waals surface area contributed by atoms with Crippen LogP contribution in [0.25, 0.3) is 127 Å². The van der Waals surface area contributed by atoms with Crippen molar-refractivity contribution in [2.45, 2.75) is 0 Å². The van der Waals surface area contributed by atoms with Crippen molar-refractivity contribution in [2.24, 2.45) is 0 Å². The Morgan fingerprint density at radius 2 is 0.883 bits per heavy atom. The predicted octanol–water partition coefficient (Wildman–Crippen LogP) is 14.5. The lowest BCUT2D eigenvalue weighted by molar-refractivity contribution is 0.672. The summed E-state index contributed by atoms with van der Waals surface area (Å²) in [5.74, 6) is 1.71. The van der Waals surface area contributed by atoms with E-state index in [1.165, 1.54) is 0 Å². The van der Waals surface area contributed by atoms with Gasteiger partial charge in [-0.3, -0.25) is 4.57 Å². The van der Waals surface area contributed by atoms with Crippen molar-refractivity contribution < 1.29 is 4.42 Å². The molecular formula is C55H32N4O. The number of nitrogens with zero attached hydrogens (tertiary/aromatic N) is 4. The summed E-state index contributed by atoms with van der Waals surface area (Å²) in [7, 11) is 0. The minimum absolute atomic E-state index is 0.546. The molecule has 10 aromatic carbocycles. The fourth-order valence-electron chi connectivity index (χ4n) is 9.55. The van der Waals surface area contributed by atoms with Gasteiger partial charge in [0.1, 0.15) is 11.2 Å². The fraction of sp³-hybridized carbons (Fsp3) is 0. The van der Waals surface area contributed by atoms with Crippen LogP contribution in [-0.2, 0) is 0 Å². The van der Waals surface area contributed by atoms with Crippen LogP contribution in [-0.4, -0.2) is 19.5 Å². The SMILES string of the molecule is c1ccc(-c2ccc3ccccc3c2-c2nc(-c3cccc4oc5c6ccccc6ccc5c34)nc(-n3c4c5ccccc5ccc4c4ccc5ccccc5c43)n2)cc1. The number of hydrogen-bond acceptors (Lipinski definition) is 4. The maximum absolute atomic E-state index is 6.72. The Morgan fingerprint density at radius 1 is 0.350 bits per heavy atom. The molecule has 0 aliphatic carbocycles. The van der Waals surface area contributed by atoms with E-state index < -0.39 is 0 Å². The topological polar surface area (TPSA) is 56.7 Å². The molecule has 0 saturated carbocycles. The second kappa shape index (κ2) is 12.7. The lowest BCUT2D eigenvalue weighted by atomic mass is 9.93. The van der Waals surface area contributed by atoms with E-state index in [0.717, 1.165) is 109 Å². The summed E-state index contributed by atoms with van der Waals surface area (Å²) in [6.45, 7) is 0. The summed E-state index contributed by atoms with van der Waals surface area (Å²) in [6.07, 6.45) is 0. The van der Waals surface area contributed by atoms with Crippen LogP contribution in [0.15, 0.2) is 199 Å². The minimum Gasteiger partial charge on any atom is -0.455 e. The third kappa shape index (κ3) is 4.77. The second-order valence-electron chi connectivity index (χ2n) is 15.5. The van der Waals surface area contributed by atoms with Crippen LogP contribution in [0.1, 0.15) is 0 Å². The number of fused-ring (bicyclic) bond motifs is 13. The molecule has 0 radical (unpaired) electrons. The van der Waals surface area contributed by atoms with Gasteiger partial charge < -0.3 is 4.42 Å². The van der Waals surface area contributed by atoms with Gasteiger partial charge in [-0.05, 0) is 50.2 Å². The summed E-state index contributed by atoms with van der Waals surface area (Å²) in [4.78, 5) is 16.7. The first-order valence-corrected chi connectivity index (χ1v) is 20.3. The monoisotopic (exact) mass is 764 g/mol. The van der Waals surface area contributed by atoms with E-state index >= 15 is 0 Å². The first-order valence-electron chi connectivity index (χ1n) is 20.3. The number of rotatable bonds is 4. The Labute approximate surface area is 343 Å². The van der Waals surface area contributed by atoms with Gasteiger partial charge in [0, 0.05) is 48.8 Å². The van der Waals surface area contributed by atoms with Gasteiger partial charge in [0.2, 0.25) is 5.95 Å². The molecule has 0 aliphatic rings. The van der Waals surface area contributed by atoms with Crippen molar-refractivity contribution in [3.63, 3.8) is 0 Å². The van der Waals surface area contributed by atoms with E-state index in [4.69, 9.17) is 19.4 Å². The zero-order valence-corrected chi connectivity index (χ0v) is 32.2. The van der Waals surface area contributed by atoms with E-state index in [2.05, 4.69) is 187 Å². The quantitative estimate of drug-likeness (QED) is 0.179. The molecule has 13 rings (SSSR count). The largest absolute Gasteiger partial charge is 0.455 e. The van der Waals surface area contributed by atoms with E-state index in [1.54, 1.807) is 0 Å². The smallest absolute Gasteiger partial charge is 0.238 e. The maximum atomic E-state index is 6.72. The molecule has 13 aromatic rings. The molecule has 0 aliphatic heterocycles. The molecule has 0 spiro atoms. The molecule has 0 saturated heterocycles. The molecule has 0 fully saturated rings. The zero-order chi connectivity index (χ0) is 39.3. The molecule has 0 atom stereocenters. The van der Waals surface area contributed by atoms with E-state index in [1.807, 2.05) is 12.1 Å². The van der Waals surface area contributed by atoms with Gasteiger partial charge in [-0.1, -0.05) is 182 Å².